The molecule has 67 heavy (non-hydrogen) atoms. The number of hydrogen-bond donors (Lipinski definition) is 0. The quantitative estimate of drug-likeness (QED) is 0.160. The smallest absolute Gasteiger partial charge is 0.113 e. The number of para-hydroxylation sites is 2. The molecule has 2 heterocycles. The van der Waals surface area contributed by atoms with Crippen LogP contribution in [0.3, 0.4) is 0 Å². The number of anilines is 3. The summed E-state index contributed by atoms with van der Waals surface area (Å²) in [6, 6.07) is 83.0. The molecule has 2 aliphatic carbocycles. The first kappa shape index (κ1) is 38.5. The maximum absolute atomic E-state index is 2.58. The van der Waals surface area contributed by atoms with Crippen LogP contribution < -0.4 is 15.3 Å². The first-order valence-corrected chi connectivity index (χ1v) is 26.8. The van der Waals surface area contributed by atoms with Gasteiger partial charge in [0.05, 0.1) is 16.4 Å². The Morgan fingerprint density at radius 2 is 0.985 bits per heavy atom. The standard InChI is InChI=1S/C64H48N2Si/c1-63(2)52-26-11-8-22-46(52)48-35-32-44(39-57(48)63)66-58-30-14-10-24-49(58)51-38-43(34-37-59(51)66)65(42-20-6-5-7-21-42)45-33-36-55-61(40-45)67(3,4)60-31-15-13-28-54(60)64(55)53-27-12-9-23-47(53)50-25-16-18-41-19-17-29-56(64)62(41)50/h5-40H,1-4H3. The van der Waals surface area contributed by atoms with E-state index in [2.05, 4.69) is 255 Å². The largest absolute Gasteiger partial charge is 0.310 e. The zero-order valence-electron chi connectivity index (χ0n) is 38.2. The van der Waals surface area contributed by atoms with Crippen LogP contribution in [0.15, 0.2) is 218 Å². The Balaban J connectivity index is 0.990. The van der Waals surface area contributed by atoms with Crippen molar-refractivity contribution in [1.82, 2.24) is 4.57 Å². The first-order valence-electron chi connectivity index (χ1n) is 23.8. The van der Waals surface area contributed by atoms with Gasteiger partial charge in [0, 0.05) is 38.9 Å². The fraction of sp³-hybridized carbons (Fsp3) is 0.0938. The van der Waals surface area contributed by atoms with Crippen LogP contribution in [0.2, 0.25) is 13.1 Å². The zero-order valence-corrected chi connectivity index (χ0v) is 39.2. The third-order valence-corrected chi connectivity index (χ3v) is 19.6. The van der Waals surface area contributed by atoms with E-state index in [1.54, 1.807) is 0 Å². The van der Waals surface area contributed by atoms with Gasteiger partial charge in [0.25, 0.3) is 0 Å². The highest BCUT2D eigenvalue weighted by Crippen LogP contribution is 2.57. The number of fused-ring (bicyclic) bond motifs is 14. The van der Waals surface area contributed by atoms with Gasteiger partial charge in [-0.05, 0) is 137 Å². The van der Waals surface area contributed by atoms with Gasteiger partial charge in [-0.1, -0.05) is 185 Å². The molecule has 3 aliphatic rings. The molecule has 0 saturated heterocycles. The Hall–Kier alpha value is -7.72. The highest BCUT2D eigenvalue weighted by molar-refractivity contribution is 7.01. The lowest BCUT2D eigenvalue weighted by Crippen LogP contribution is -2.63. The number of nitrogens with zero attached hydrogens (tertiary/aromatic N) is 2. The second-order valence-electron chi connectivity index (χ2n) is 20.0. The molecule has 0 amide bonds. The van der Waals surface area contributed by atoms with Crippen LogP contribution in [-0.2, 0) is 10.8 Å². The molecule has 2 nitrogen and oxygen atoms in total. The van der Waals surface area contributed by atoms with Gasteiger partial charge >= 0.3 is 0 Å². The molecular formula is C64H48N2Si. The van der Waals surface area contributed by atoms with Crippen LogP contribution in [-0.4, -0.2) is 12.6 Å². The molecule has 0 saturated carbocycles. The average Bonchev–Trinajstić information content (AvgIpc) is 3.82. The topological polar surface area (TPSA) is 8.17 Å². The van der Waals surface area contributed by atoms with E-state index in [0.29, 0.717) is 0 Å². The van der Waals surface area contributed by atoms with E-state index in [0.717, 1.165) is 11.4 Å². The molecule has 0 bridgehead atoms. The number of rotatable bonds is 4. The minimum absolute atomic E-state index is 0.0870. The van der Waals surface area contributed by atoms with Gasteiger partial charge in [-0.15, -0.1) is 0 Å². The van der Waals surface area contributed by atoms with Gasteiger partial charge < -0.3 is 9.47 Å². The molecule has 1 unspecified atom stereocenters. The normalized spacial score (nSPS) is 16.7. The molecule has 1 aromatic heterocycles. The van der Waals surface area contributed by atoms with E-state index in [1.165, 1.54) is 110 Å². The Bertz CT molecular complexity index is 3890. The van der Waals surface area contributed by atoms with E-state index >= 15 is 0 Å². The molecule has 10 aromatic carbocycles. The molecule has 1 aliphatic heterocycles. The Kier molecular flexibility index (Phi) is 7.86. The summed E-state index contributed by atoms with van der Waals surface area (Å²) in [4.78, 5) is 2.49. The maximum atomic E-state index is 2.58. The summed E-state index contributed by atoms with van der Waals surface area (Å²) in [5, 5.41) is 8.13. The third kappa shape index (κ3) is 5.04. The molecule has 1 spiro atoms. The van der Waals surface area contributed by atoms with Crippen molar-refractivity contribution >= 4 is 68.1 Å². The third-order valence-electron chi connectivity index (χ3n) is 16.0. The Morgan fingerprint density at radius 1 is 0.388 bits per heavy atom. The van der Waals surface area contributed by atoms with Gasteiger partial charge in [-0.3, -0.25) is 0 Å². The van der Waals surface area contributed by atoms with E-state index < -0.39 is 13.5 Å². The maximum Gasteiger partial charge on any atom is 0.113 e. The minimum Gasteiger partial charge on any atom is -0.310 e. The summed E-state index contributed by atoms with van der Waals surface area (Å²) in [7, 11) is -2.30. The van der Waals surface area contributed by atoms with Crippen molar-refractivity contribution in [1.29, 1.82) is 0 Å². The molecule has 0 radical (unpaired) electrons. The van der Waals surface area contributed by atoms with Gasteiger partial charge in [0.15, 0.2) is 0 Å². The predicted octanol–water partition coefficient (Wildman–Crippen LogP) is 15.2. The zero-order chi connectivity index (χ0) is 44.8. The minimum atomic E-state index is -2.30. The second kappa shape index (κ2) is 13.7. The lowest BCUT2D eigenvalue weighted by Gasteiger charge is -2.50. The summed E-state index contributed by atoms with van der Waals surface area (Å²) < 4.78 is 2.48. The lowest BCUT2D eigenvalue weighted by molar-refractivity contribution is 0.660. The molecule has 3 heteroatoms. The second-order valence-corrected chi connectivity index (χ2v) is 24.4. The fourth-order valence-electron chi connectivity index (χ4n) is 13.0. The number of aromatic nitrogens is 1. The fourth-order valence-corrected chi connectivity index (χ4v) is 16.2. The Morgan fingerprint density at radius 3 is 1.82 bits per heavy atom. The van der Waals surface area contributed by atoms with Crippen molar-refractivity contribution in [2.45, 2.75) is 37.8 Å². The van der Waals surface area contributed by atoms with Crippen molar-refractivity contribution < 1.29 is 0 Å². The molecule has 0 fully saturated rings. The molecular weight excluding hydrogens is 825 g/mol. The highest BCUT2D eigenvalue weighted by atomic mass is 28.3. The van der Waals surface area contributed by atoms with Crippen LogP contribution in [0.25, 0.3) is 60.5 Å². The molecule has 318 valence electrons. The molecule has 1 atom stereocenters. The van der Waals surface area contributed by atoms with Crippen LogP contribution in [0.5, 0.6) is 0 Å². The van der Waals surface area contributed by atoms with Gasteiger partial charge in [0.1, 0.15) is 8.07 Å². The summed E-state index contributed by atoms with van der Waals surface area (Å²) in [5.41, 5.74) is 20.2. The van der Waals surface area contributed by atoms with Gasteiger partial charge in [-0.25, -0.2) is 0 Å². The summed E-state index contributed by atoms with van der Waals surface area (Å²) in [6.45, 7) is 9.87. The lowest BCUT2D eigenvalue weighted by atomic mass is 9.59. The monoisotopic (exact) mass is 872 g/mol. The van der Waals surface area contributed by atoms with Gasteiger partial charge in [0.2, 0.25) is 0 Å². The van der Waals surface area contributed by atoms with Crippen molar-refractivity contribution in [2.24, 2.45) is 0 Å². The number of hydrogen-bond acceptors (Lipinski definition) is 1. The molecule has 14 rings (SSSR count). The predicted molar refractivity (Wildman–Crippen MR) is 285 cm³/mol. The van der Waals surface area contributed by atoms with E-state index in [1.807, 2.05) is 0 Å². The summed E-state index contributed by atoms with van der Waals surface area (Å²) >= 11 is 0. The molecule has 11 aromatic rings. The van der Waals surface area contributed by atoms with Crippen molar-refractivity contribution in [3.63, 3.8) is 0 Å². The Labute approximate surface area is 393 Å². The van der Waals surface area contributed by atoms with Crippen molar-refractivity contribution in [3.05, 3.63) is 252 Å². The highest BCUT2D eigenvalue weighted by Gasteiger charge is 2.52. The summed E-state index contributed by atoms with van der Waals surface area (Å²) in [5.74, 6) is 0. The van der Waals surface area contributed by atoms with Gasteiger partial charge in [-0.2, -0.15) is 0 Å². The van der Waals surface area contributed by atoms with Crippen LogP contribution in [0, 0.1) is 0 Å². The van der Waals surface area contributed by atoms with E-state index in [9.17, 15) is 0 Å². The SMILES string of the molecule is CC1(C)c2ccccc2-c2ccc(-n3c4ccccc4c4cc(N(c5ccccc5)c5ccc6c(c5)[Si](C)(C)c5ccccc5C65c6ccccc6-c6cccc7cccc5c67)ccc43)cc21. The summed E-state index contributed by atoms with van der Waals surface area (Å²) in [6.07, 6.45) is 0. The van der Waals surface area contributed by atoms with Crippen LogP contribution >= 0.6 is 0 Å². The van der Waals surface area contributed by atoms with E-state index in [4.69, 9.17) is 0 Å². The van der Waals surface area contributed by atoms with Crippen LogP contribution in [0.1, 0.15) is 47.2 Å². The number of benzene rings is 10. The van der Waals surface area contributed by atoms with Crippen molar-refractivity contribution in [3.8, 4) is 27.9 Å². The van der Waals surface area contributed by atoms with Crippen LogP contribution in [0.4, 0.5) is 17.1 Å². The van der Waals surface area contributed by atoms with E-state index in [-0.39, 0.29) is 5.41 Å². The molecule has 0 N–H and O–H groups in total. The van der Waals surface area contributed by atoms with Crippen molar-refractivity contribution in [2.75, 3.05) is 4.90 Å². The first-order chi connectivity index (χ1) is 32.8. The average molecular weight is 873 g/mol.